The third-order valence-electron chi connectivity index (χ3n) is 2.72. The SMILES string of the molecule is CC(P)C(F)(F)COc1nc(N)nc(Nc2ccccc2)n1. The van der Waals surface area contributed by atoms with Crippen LogP contribution in [0.4, 0.5) is 26.4 Å². The van der Waals surface area contributed by atoms with E-state index in [1.54, 1.807) is 12.1 Å². The summed E-state index contributed by atoms with van der Waals surface area (Å²) >= 11 is 0. The fourth-order valence-electron chi connectivity index (χ4n) is 1.44. The van der Waals surface area contributed by atoms with Crippen molar-refractivity contribution in [3.05, 3.63) is 30.3 Å². The predicted octanol–water partition coefficient (Wildman–Crippen LogP) is 2.48. The molecular weight excluding hydrogens is 311 g/mol. The fraction of sp³-hybridized carbons (Fsp3) is 0.308. The van der Waals surface area contributed by atoms with Crippen molar-refractivity contribution in [2.75, 3.05) is 17.7 Å². The summed E-state index contributed by atoms with van der Waals surface area (Å²) in [5, 5.41) is 2.89. The van der Waals surface area contributed by atoms with Gasteiger partial charge in [-0.1, -0.05) is 25.1 Å². The zero-order valence-electron chi connectivity index (χ0n) is 11.8. The van der Waals surface area contributed by atoms with E-state index in [1.807, 2.05) is 27.4 Å². The number of para-hydroxylation sites is 1. The molecule has 0 spiro atoms. The Balaban J connectivity index is 2.10. The van der Waals surface area contributed by atoms with E-state index in [0.29, 0.717) is 0 Å². The van der Waals surface area contributed by atoms with Gasteiger partial charge in [-0.05, 0) is 12.1 Å². The zero-order chi connectivity index (χ0) is 16.2. The number of hydrogen-bond acceptors (Lipinski definition) is 6. The molecule has 2 unspecified atom stereocenters. The van der Waals surface area contributed by atoms with Gasteiger partial charge in [-0.25, -0.2) is 8.78 Å². The topological polar surface area (TPSA) is 86.0 Å². The minimum absolute atomic E-state index is 0.120. The van der Waals surface area contributed by atoms with Gasteiger partial charge in [0.15, 0.2) is 6.61 Å². The van der Waals surface area contributed by atoms with E-state index in [-0.39, 0.29) is 17.9 Å². The van der Waals surface area contributed by atoms with Crippen LogP contribution in [-0.4, -0.2) is 33.1 Å². The summed E-state index contributed by atoms with van der Waals surface area (Å²) in [4.78, 5) is 11.5. The van der Waals surface area contributed by atoms with Gasteiger partial charge in [-0.2, -0.15) is 15.0 Å². The zero-order valence-corrected chi connectivity index (χ0v) is 13.0. The number of hydrogen-bond donors (Lipinski definition) is 2. The lowest BCUT2D eigenvalue weighted by molar-refractivity contribution is -0.0410. The minimum Gasteiger partial charge on any atom is -0.457 e. The van der Waals surface area contributed by atoms with Crippen LogP contribution in [0.5, 0.6) is 6.01 Å². The van der Waals surface area contributed by atoms with Crippen LogP contribution in [-0.2, 0) is 0 Å². The maximum atomic E-state index is 13.5. The van der Waals surface area contributed by atoms with Crippen molar-refractivity contribution in [3.63, 3.8) is 0 Å². The van der Waals surface area contributed by atoms with Crippen LogP contribution in [0.3, 0.4) is 0 Å². The molecule has 0 aliphatic carbocycles. The number of halogens is 2. The number of aromatic nitrogens is 3. The van der Waals surface area contributed by atoms with E-state index < -0.39 is 18.2 Å². The summed E-state index contributed by atoms with van der Waals surface area (Å²) in [7, 11) is 2.04. The van der Waals surface area contributed by atoms with Crippen molar-refractivity contribution in [1.29, 1.82) is 0 Å². The van der Waals surface area contributed by atoms with E-state index in [1.165, 1.54) is 6.92 Å². The molecule has 0 saturated heterocycles. The van der Waals surface area contributed by atoms with Gasteiger partial charge in [0.1, 0.15) is 0 Å². The average Bonchev–Trinajstić information content (AvgIpc) is 2.45. The Morgan fingerprint density at radius 1 is 1.27 bits per heavy atom. The van der Waals surface area contributed by atoms with E-state index >= 15 is 0 Å². The van der Waals surface area contributed by atoms with Crippen LogP contribution in [0.1, 0.15) is 6.92 Å². The number of anilines is 3. The van der Waals surface area contributed by atoms with Crippen molar-refractivity contribution in [1.82, 2.24) is 15.0 Å². The van der Waals surface area contributed by atoms with Crippen LogP contribution in [0.2, 0.25) is 0 Å². The fourth-order valence-corrected chi connectivity index (χ4v) is 1.53. The Morgan fingerprint density at radius 2 is 1.95 bits per heavy atom. The number of alkyl halides is 2. The third kappa shape index (κ3) is 4.46. The van der Waals surface area contributed by atoms with Crippen molar-refractivity contribution in [3.8, 4) is 6.01 Å². The molecule has 1 aromatic carbocycles. The third-order valence-corrected chi connectivity index (χ3v) is 3.21. The number of nitrogens with two attached hydrogens (primary N) is 1. The van der Waals surface area contributed by atoms with E-state index in [9.17, 15) is 8.78 Å². The van der Waals surface area contributed by atoms with E-state index in [4.69, 9.17) is 10.5 Å². The van der Waals surface area contributed by atoms with Crippen molar-refractivity contribution in [2.24, 2.45) is 0 Å². The minimum atomic E-state index is -3.01. The maximum absolute atomic E-state index is 13.5. The van der Waals surface area contributed by atoms with Crippen molar-refractivity contribution < 1.29 is 13.5 Å². The first-order chi connectivity index (χ1) is 10.4. The normalized spacial score (nSPS) is 12.7. The van der Waals surface area contributed by atoms with Gasteiger partial charge >= 0.3 is 6.01 Å². The molecule has 3 N–H and O–H groups in total. The van der Waals surface area contributed by atoms with Gasteiger partial charge in [0.2, 0.25) is 11.9 Å². The Labute approximate surface area is 128 Å². The lowest BCUT2D eigenvalue weighted by Crippen LogP contribution is -2.34. The lowest BCUT2D eigenvalue weighted by Gasteiger charge is -2.19. The highest BCUT2D eigenvalue weighted by atomic mass is 31.0. The van der Waals surface area contributed by atoms with Crippen LogP contribution < -0.4 is 15.8 Å². The molecule has 6 nitrogen and oxygen atoms in total. The monoisotopic (exact) mass is 327 g/mol. The van der Waals surface area contributed by atoms with Crippen LogP contribution in [0.25, 0.3) is 0 Å². The first-order valence-corrected chi connectivity index (χ1v) is 7.13. The first-order valence-electron chi connectivity index (χ1n) is 6.46. The summed E-state index contributed by atoms with van der Waals surface area (Å²) in [5.41, 5.74) is 5.33. The summed E-state index contributed by atoms with van der Waals surface area (Å²) in [5.74, 6) is -3.01. The highest BCUT2D eigenvalue weighted by Gasteiger charge is 2.35. The van der Waals surface area contributed by atoms with Crippen LogP contribution in [0.15, 0.2) is 30.3 Å². The van der Waals surface area contributed by atoms with Gasteiger partial charge in [0.05, 0.1) is 0 Å². The van der Waals surface area contributed by atoms with Gasteiger partial charge in [-0.3, -0.25) is 0 Å². The highest BCUT2D eigenvalue weighted by molar-refractivity contribution is 7.17. The molecule has 0 radical (unpaired) electrons. The van der Waals surface area contributed by atoms with Gasteiger partial charge < -0.3 is 15.8 Å². The lowest BCUT2D eigenvalue weighted by atomic mass is 10.3. The standard InChI is InChI=1S/C13H16F2N5OP/c1-8(22)13(14,15)7-21-12-19-10(16)18-11(20-12)17-9-5-3-2-4-6-9/h2-6,8H,7,22H2,1H3,(H3,16,17,18,19,20). The summed E-state index contributed by atoms with van der Waals surface area (Å²) in [6.45, 7) is 0.532. The Bertz CT molecular complexity index is 627. The summed E-state index contributed by atoms with van der Waals surface area (Å²) in [6, 6.07) is 8.84. The maximum Gasteiger partial charge on any atom is 0.323 e. The first kappa shape index (κ1) is 16.3. The molecule has 0 saturated carbocycles. The molecule has 9 heteroatoms. The quantitative estimate of drug-likeness (QED) is 0.793. The average molecular weight is 327 g/mol. The summed E-state index contributed by atoms with van der Waals surface area (Å²) in [6.07, 6.45) is 0. The summed E-state index contributed by atoms with van der Waals surface area (Å²) < 4.78 is 32.0. The van der Waals surface area contributed by atoms with Crippen molar-refractivity contribution >= 4 is 26.8 Å². The molecule has 2 aromatic rings. The number of nitrogen functional groups attached to an aromatic ring is 1. The molecule has 0 aliphatic heterocycles. The molecule has 22 heavy (non-hydrogen) atoms. The number of rotatable bonds is 6. The van der Waals surface area contributed by atoms with E-state index in [0.717, 1.165) is 5.69 Å². The number of nitrogens with zero attached hydrogens (tertiary/aromatic N) is 3. The Kier molecular flexibility index (Phi) is 5.03. The van der Waals surface area contributed by atoms with Crippen LogP contribution in [0, 0.1) is 0 Å². The molecule has 0 amide bonds. The molecule has 118 valence electrons. The molecule has 2 atom stereocenters. The molecule has 1 aromatic heterocycles. The molecule has 0 aliphatic rings. The Morgan fingerprint density at radius 3 is 2.59 bits per heavy atom. The number of nitrogens with one attached hydrogen (secondary N) is 1. The number of ether oxygens (including phenoxy) is 1. The molecule has 0 fully saturated rings. The number of benzene rings is 1. The van der Waals surface area contributed by atoms with E-state index in [2.05, 4.69) is 20.3 Å². The van der Waals surface area contributed by atoms with Crippen LogP contribution >= 0.6 is 9.24 Å². The predicted molar refractivity (Wildman–Crippen MR) is 83.6 cm³/mol. The molecule has 0 bridgehead atoms. The largest absolute Gasteiger partial charge is 0.457 e. The second-order valence-electron chi connectivity index (χ2n) is 4.63. The second kappa shape index (κ2) is 6.79. The molecule has 1 heterocycles. The smallest absolute Gasteiger partial charge is 0.323 e. The molecule has 2 rings (SSSR count). The highest BCUT2D eigenvalue weighted by Crippen LogP contribution is 2.25. The molecular formula is C13H16F2N5OP. The van der Waals surface area contributed by atoms with Gasteiger partial charge in [0.25, 0.3) is 5.92 Å². The van der Waals surface area contributed by atoms with Gasteiger partial charge in [-0.15, -0.1) is 9.24 Å². The van der Waals surface area contributed by atoms with Crippen molar-refractivity contribution in [2.45, 2.75) is 18.5 Å². The Hall–Kier alpha value is -2.08. The van der Waals surface area contributed by atoms with Gasteiger partial charge in [0, 0.05) is 11.3 Å². The second-order valence-corrected chi connectivity index (χ2v) is 5.63.